The quantitative estimate of drug-likeness (QED) is 0.752. The summed E-state index contributed by atoms with van der Waals surface area (Å²) in [5.41, 5.74) is 1.30. The molecule has 1 atom stereocenters. The van der Waals surface area contributed by atoms with Crippen molar-refractivity contribution in [1.29, 1.82) is 0 Å². The molecular formula is C18H30N2O2. The molecule has 0 spiro atoms. The van der Waals surface area contributed by atoms with Crippen molar-refractivity contribution in [1.82, 2.24) is 0 Å². The summed E-state index contributed by atoms with van der Waals surface area (Å²) in [4.78, 5) is 11.7. The summed E-state index contributed by atoms with van der Waals surface area (Å²) in [5.74, 6) is 0.727. The van der Waals surface area contributed by atoms with Gasteiger partial charge in [0.1, 0.15) is 5.60 Å². The lowest BCUT2D eigenvalue weighted by Gasteiger charge is -2.20. The zero-order chi connectivity index (χ0) is 16.8. The Labute approximate surface area is 134 Å². The predicted molar refractivity (Wildman–Crippen MR) is 93.5 cm³/mol. The number of nitrogens with one attached hydrogen (secondary N) is 2. The Hall–Kier alpha value is -1.71. The highest BCUT2D eigenvalue weighted by Crippen LogP contribution is 2.17. The highest BCUT2D eigenvalue weighted by molar-refractivity contribution is 5.85. The maximum Gasteiger partial charge on any atom is 0.412 e. The van der Waals surface area contributed by atoms with Gasteiger partial charge in [-0.3, -0.25) is 5.32 Å². The fraction of sp³-hybridized carbons (Fsp3) is 0.611. The van der Waals surface area contributed by atoms with Crippen LogP contribution in [0.3, 0.4) is 0 Å². The number of ether oxygens (including phenoxy) is 1. The van der Waals surface area contributed by atoms with Crippen molar-refractivity contribution in [2.24, 2.45) is 5.92 Å². The number of benzene rings is 1. The van der Waals surface area contributed by atoms with Gasteiger partial charge in [-0.1, -0.05) is 13.8 Å². The Bertz CT molecular complexity index is 461. The van der Waals surface area contributed by atoms with Crippen LogP contribution in [0.25, 0.3) is 0 Å². The number of rotatable bonds is 6. The molecule has 0 bridgehead atoms. The molecule has 0 radical (unpaired) electrons. The molecular weight excluding hydrogens is 276 g/mol. The van der Waals surface area contributed by atoms with Gasteiger partial charge in [-0.05, 0) is 70.7 Å². The second-order valence-corrected chi connectivity index (χ2v) is 7.22. The van der Waals surface area contributed by atoms with Gasteiger partial charge in [-0.25, -0.2) is 4.79 Å². The Morgan fingerprint density at radius 2 is 1.59 bits per heavy atom. The Morgan fingerprint density at radius 1 is 1.05 bits per heavy atom. The first-order chi connectivity index (χ1) is 10.2. The first-order valence-electron chi connectivity index (χ1n) is 8.02. The molecule has 124 valence electrons. The van der Waals surface area contributed by atoms with Gasteiger partial charge in [0.15, 0.2) is 0 Å². The maximum absolute atomic E-state index is 11.7. The van der Waals surface area contributed by atoms with Crippen LogP contribution in [0.5, 0.6) is 0 Å². The van der Waals surface area contributed by atoms with E-state index in [0.29, 0.717) is 6.04 Å². The van der Waals surface area contributed by atoms with Crippen LogP contribution in [0.1, 0.15) is 54.4 Å². The van der Waals surface area contributed by atoms with Crippen molar-refractivity contribution in [3.05, 3.63) is 24.3 Å². The van der Waals surface area contributed by atoms with Crippen LogP contribution in [-0.2, 0) is 4.74 Å². The summed E-state index contributed by atoms with van der Waals surface area (Å²) in [5, 5.41) is 6.20. The average molecular weight is 306 g/mol. The molecule has 0 aliphatic rings. The minimum atomic E-state index is -0.489. The van der Waals surface area contributed by atoms with Gasteiger partial charge in [0.2, 0.25) is 0 Å². The average Bonchev–Trinajstić information content (AvgIpc) is 2.36. The number of carbonyl (C=O) groups is 1. The lowest BCUT2D eigenvalue weighted by Crippen LogP contribution is -2.27. The van der Waals surface area contributed by atoms with Gasteiger partial charge >= 0.3 is 6.09 Å². The number of carbonyl (C=O) groups excluding carboxylic acids is 1. The summed E-state index contributed by atoms with van der Waals surface area (Å²) < 4.78 is 5.23. The third-order valence-corrected chi connectivity index (χ3v) is 3.12. The van der Waals surface area contributed by atoms with Gasteiger partial charge in [-0.15, -0.1) is 0 Å². The standard InChI is InChI=1S/C18H30N2O2/c1-13(2)7-8-14(3)19-15-9-11-16(12-10-15)20-17(21)22-18(4,5)6/h9-14,19H,7-8H2,1-6H3,(H,20,21). The molecule has 22 heavy (non-hydrogen) atoms. The fourth-order valence-corrected chi connectivity index (χ4v) is 2.01. The minimum absolute atomic E-state index is 0.432. The van der Waals surface area contributed by atoms with Crippen molar-refractivity contribution in [2.75, 3.05) is 10.6 Å². The normalized spacial score (nSPS) is 12.9. The lowest BCUT2D eigenvalue weighted by molar-refractivity contribution is 0.0636. The third kappa shape index (κ3) is 7.91. The van der Waals surface area contributed by atoms with Crippen LogP contribution < -0.4 is 10.6 Å². The number of anilines is 2. The smallest absolute Gasteiger partial charge is 0.412 e. The van der Waals surface area contributed by atoms with E-state index in [0.717, 1.165) is 23.7 Å². The monoisotopic (exact) mass is 306 g/mol. The fourth-order valence-electron chi connectivity index (χ4n) is 2.01. The Morgan fingerprint density at radius 3 is 2.09 bits per heavy atom. The Balaban J connectivity index is 2.47. The molecule has 0 fully saturated rings. The zero-order valence-corrected chi connectivity index (χ0v) is 14.7. The van der Waals surface area contributed by atoms with E-state index in [1.807, 2.05) is 45.0 Å². The summed E-state index contributed by atoms with van der Waals surface area (Å²) >= 11 is 0. The number of amides is 1. The van der Waals surface area contributed by atoms with Crippen molar-refractivity contribution in [3.63, 3.8) is 0 Å². The first-order valence-corrected chi connectivity index (χ1v) is 8.02. The third-order valence-electron chi connectivity index (χ3n) is 3.12. The highest BCUT2D eigenvalue weighted by Gasteiger charge is 2.16. The summed E-state index contributed by atoms with van der Waals surface area (Å²) in [6.07, 6.45) is 1.93. The lowest BCUT2D eigenvalue weighted by atomic mass is 10.0. The molecule has 1 aromatic rings. The van der Waals surface area contributed by atoms with Crippen LogP contribution in [-0.4, -0.2) is 17.7 Å². The van der Waals surface area contributed by atoms with Crippen molar-refractivity contribution in [3.8, 4) is 0 Å². The molecule has 0 saturated heterocycles. The maximum atomic E-state index is 11.7. The summed E-state index contributed by atoms with van der Waals surface area (Å²) in [6.45, 7) is 12.2. The number of hydrogen-bond acceptors (Lipinski definition) is 3. The molecule has 0 heterocycles. The number of hydrogen-bond donors (Lipinski definition) is 2. The predicted octanol–water partition coefficient (Wildman–Crippen LogP) is 5.27. The van der Waals surface area contributed by atoms with Gasteiger partial charge in [0.05, 0.1) is 0 Å². The Kier molecular flexibility index (Phi) is 6.72. The summed E-state index contributed by atoms with van der Waals surface area (Å²) in [6, 6.07) is 8.13. The van der Waals surface area contributed by atoms with Crippen LogP contribution in [0.2, 0.25) is 0 Å². The second kappa shape index (κ2) is 8.06. The van der Waals surface area contributed by atoms with E-state index < -0.39 is 11.7 Å². The molecule has 4 nitrogen and oxygen atoms in total. The van der Waals surface area contributed by atoms with Crippen LogP contribution in [0, 0.1) is 5.92 Å². The van der Waals surface area contributed by atoms with Crippen molar-refractivity contribution in [2.45, 2.75) is 66.0 Å². The van der Waals surface area contributed by atoms with E-state index in [1.54, 1.807) is 0 Å². The van der Waals surface area contributed by atoms with E-state index in [1.165, 1.54) is 6.42 Å². The largest absolute Gasteiger partial charge is 0.444 e. The summed E-state index contributed by atoms with van der Waals surface area (Å²) in [7, 11) is 0. The van der Waals surface area contributed by atoms with E-state index >= 15 is 0 Å². The molecule has 1 aromatic carbocycles. The molecule has 4 heteroatoms. The van der Waals surface area contributed by atoms with Crippen molar-refractivity contribution < 1.29 is 9.53 Å². The van der Waals surface area contributed by atoms with Gasteiger partial charge in [-0.2, -0.15) is 0 Å². The minimum Gasteiger partial charge on any atom is -0.444 e. The molecule has 0 aromatic heterocycles. The molecule has 1 rings (SSSR count). The van der Waals surface area contributed by atoms with Gasteiger partial charge in [0, 0.05) is 17.4 Å². The molecule has 1 amide bonds. The van der Waals surface area contributed by atoms with E-state index in [9.17, 15) is 4.79 Å². The molecule has 2 N–H and O–H groups in total. The molecule has 0 saturated carbocycles. The molecule has 0 aliphatic carbocycles. The molecule has 0 aliphatic heterocycles. The van der Waals surface area contributed by atoms with Crippen LogP contribution >= 0.6 is 0 Å². The first kappa shape index (κ1) is 18.3. The van der Waals surface area contributed by atoms with Crippen molar-refractivity contribution >= 4 is 17.5 Å². The second-order valence-electron chi connectivity index (χ2n) is 7.22. The van der Waals surface area contributed by atoms with E-state index in [4.69, 9.17) is 4.74 Å². The van der Waals surface area contributed by atoms with Crippen LogP contribution in [0.15, 0.2) is 24.3 Å². The van der Waals surface area contributed by atoms with Crippen LogP contribution in [0.4, 0.5) is 16.2 Å². The van der Waals surface area contributed by atoms with E-state index in [2.05, 4.69) is 31.4 Å². The highest BCUT2D eigenvalue weighted by atomic mass is 16.6. The topological polar surface area (TPSA) is 50.4 Å². The van der Waals surface area contributed by atoms with E-state index in [-0.39, 0.29) is 0 Å². The molecule has 1 unspecified atom stereocenters. The van der Waals surface area contributed by atoms with Gasteiger partial charge in [0.25, 0.3) is 0 Å². The zero-order valence-electron chi connectivity index (χ0n) is 14.7. The van der Waals surface area contributed by atoms with Gasteiger partial charge < -0.3 is 10.1 Å². The SMILES string of the molecule is CC(C)CCC(C)Nc1ccc(NC(=O)OC(C)(C)C)cc1.